The summed E-state index contributed by atoms with van der Waals surface area (Å²) in [7, 11) is 0. The Morgan fingerprint density at radius 1 is 1.35 bits per heavy atom. The molecule has 1 fully saturated rings. The average molecular weight is 277 g/mol. The van der Waals surface area contributed by atoms with E-state index < -0.39 is 11.0 Å². The first-order valence-corrected chi connectivity index (χ1v) is 7.58. The maximum atomic E-state index is 12.5. The Morgan fingerprint density at radius 2 is 1.95 bits per heavy atom. The standard InChI is InChI=1S/C16H27N3O/c1-15(2,16(3,4)17)14(20)11-12-9-10-19(18-12)13-7-5-6-8-13/h9-10,13H,5-8,11,17H2,1-4H3. The molecule has 0 amide bonds. The van der Waals surface area contributed by atoms with Gasteiger partial charge in [-0.3, -0.25) is 9.48 Å². The zero-order valence-electron chi connectivity index (χ0n) is 13.1. The lowest BCUT2D eigenvalue weighted by atomic mass is 9.71. The molecule has 4 nitrogen and oxygen atoms in total. The van der Waals surface area contributed by atoms with E-state index in [9.17, 15) is 4.79 Å². The number of carbonyl (C=O) groups is 1. The summed E-state index contributed by atoms with van der Waals surface area (Å²) in [6.07, 6.45) is 7.36. The average Bonchev–Trinajstić information content (AvgIpc) is 2.96. The minimum atomic E-state index is -0.551. The highest BCUT2D eigenvalue weighted by Gasteiger charge is 2.40. The molecule has 1 aromatic rings. The smallest absolute Gasteiger partial charge is 0.146 e. The molecule has 2 N–H and O–H groups in total. The van der Waals surface area contributed by atoms with E-state index in [-0.39, 0.29) is 5.78 Å². The number of hydrogen-bond acceptors (Lipinski definition) is 3. The summed E-state index contributed by atoms with van der Waals surface area (Å²) >= 11 is 0. The molecule has 1 aromatic heterocycles. The predicted octanol–water partition coefficient (Wildman–Crippen LogP) is 2.87. The summed E-state index contributed by atoms with van der Waals surface area (Å²) in [5.41, 5.74) is 5.91. The van der Waals surface area contributed by atoms with E-state index in [2.05, 4.69) is 5.10 Å². The summed E-state index contributed by atoms with van der Waals surface area (Å²) in [5.74, 6) is 0.154. The molecule has 2 rings (SSSR count). The van der Waals surface area contributed by atoms with E-state index in [1.807, 2.05) is 44.6 Å². The third kappa shape index (κ3) is 2.95. The summed E-state index contributed by atoms with van der Waals surface area (Å²) in [6.45, 7) is 7.65. The number of ketones is 1. The molecule has 4 heteroatoms. The highest BCUT2D eigenvalue weighted by atomic mass is 16.1. The number of hydrogen-bond donors (Lipinski definition) is 1. The Morgan fingerprint density at radius 3 is 2.50 bits per heavy atom. The number of Topliss-reactive ketones (excluding diaryl/α,β-unsaturated/α-hetero) is 1. The van der Waals surface area contributed by atoms with E-state index >= 15 is 0 Å². The molecule has 0 saturated heterocycles. The first kappa shape index (κ1) is 15.2. The zero-order valence-corrected chi connectivity index (χ0v) is 13.1. The minimum absolute atomic E-state index is 0.154. The minimum Gasteiger partial charge on any atom is -0.325 e. The molecule has 1 aliphatic carbocycles. The third-order valence-electron chi connectivity index (χ3n) is 5.01. The van der Waals surface area contributed by atoms with Crippen LogP contribution in [0.1, 0.15) is 65.1 Å². The fourth-order valence-electron chi connectivity index (χ4n) is 2.59. The van der Waals surface area contributed by atoms with Crippen molar-refractivity contribution in [3.05, 3.63) is 18.0 Å². The van der Waals surface area contributed by atoms with Gasteiger partial charge in [0.1, 0.15) is 5.78 Å². The lowest BCUT2D eigenvalue weighted by Crippen LogP contribution is -2.52. The molecule has 0 spiro atoms. The van der Waals surface area contributed by atoms with E-state index in [0.717, 1.165) is 5.69 Å². The van der Waals surface area contributed by atoms with Crippen LogP contribution in [0.15, 0.2) is 12.3 Å². The van der Waals surface area contributed by atoms with E-state index in [0.29, 0.717) is 12.5 Å². The molecule has 1 heterocycles. The van der Waals surface area contributed by atoms with Crippen molar-refractivity contribution in [2.75, 3.05) is 0 Å². The first-order valence-electron chi connectivity index (χ1n) is 7.58. The van der Waals surface area contributed by atoms with Gasteiger partial charge in [-0.05, 0) is 32.8 Å². The van der Waals surface area contributed by atoms with Crippen LogP contribution < -0.4 is 5.73 Å². The summed E-state index contributed by atoms with van der Waals surface area (Å²) < 4.78 is 2.04. The van der Waals surface area contributed by atoms with Crippen LogP contribution in [-0.4, -0.2) is 21.1 Å². The molecular formula is C16H27N3O. The molecule has 0 radical (unpaired) electrons. The van der Waals surface area contributed by atoms with Gasteiger partial charge in [0.05, 0.1) is 18.2 Å². The predicted molar refractivity (Wildman–Crippen MR) is 80.5 cm³/mol. The van der Waals surface area contributed by atoms with Gasteiger partial charge in [0.15, 0.2) is 0 Å². The summed E-state index contributed by atoms with van der Waals surface area (Å²) in [4.78, 5) is 12.5. The van der Waals surface area contributed by atoms with Crippen molar-refractivity contribution in [3.8, 4) is 0 Å². The van der Waals surface area contributed by atoms with Gasteiger partial charge in [-0.25, -0.2) is 0 Å². The Labute approximate surface area is 121 Å². The Kier molecular flexibility index (Phi) is 4.05. The molecular weight excluding hydrogens is 250 g/mol. The SMILES string of the molecule is CC(C)(N)C(C)(C)C(=O)Cc1ccn(C2CCCC2)n1. The van der Waals surface area contributed by atoms with Crippen molar-refractivity contribution in [2.45, 2.75) is 71.4 Å². The van der Waals surface area contributed by atoms with Crippen LogP contribution in [0.2, 0.25) is 0 Å². The molecule has 1 aliphatic rings. The van der Waals surface area contributed by atoms with Gasteiger partial charge >= 0.3 is 0 Å². The van der Waals surface area contributed by atoms with Gasteiger partial charge in [-0.1, -0.05) is 26.7 Å². The van der Waals surface area contributed by atoms with Crippen molar-refractivity contribution in [2.24, 2.45) is 11.1 Å². The quantitative estimate of drug-likeness (QED) is 0.900. The maximum Gasteiger partial charge on any atom is 0.146 e. The largest absolute Gasteiger partial charge is 0.325 e. The van der Waals surface area contributed by atoms with E-state index in [4.69, 9.17) is 5.73 Å². The Bertz CT molecular complexity index is 476. The molecule has 1 saturated carbocycles. The zero-order chi connectivity index (χ0) is 15.0. The van der Waals surface area contributed by atoms with Crippen LogP contribution in [0.5, 0.6) is 0 Å². The second kappa shape index (κ2) is 5.32. The highest BCUT2D eigenvalue weighted by molar-refractivity contribution is 5.87. The van der Waals surface area contributed by atoms with Crippen molar-refractivity contribution in [1.82, 2.24) is 9.78 Å². The molecule has 20 heavy (non-hydrogen) atoms. The van der Waals surface area contributed by atoms with Crippen LogP contribution in [-0.2, 0) is 11.2 Å². The number of rotatable bonds is 5. The van der Waals surface area contributed by atoms with Crippen LogP contribution >= 0.6 is 0 Å². The van der Waals surface area contributed by atoms with Crippen LogP contribution in [0, 0.1) is 5.41 Å². The normalized spacial score (nSPS) is 17.6. The molecule has 112 valence electrons. The van der Waals surface area contributed by atoms with Gasteiger partial charge in [0.25, 0.3) is 0 Å². The van der Waals surface area contributed by atoms with Crippen molar-refractivity contribution in [1.29, 1.82) is 0 Å². The lowest BCUT2D eigenvalue weighted by Gasteiger charge is -2.36. The van der Waals surface area contributed by atoms with E-state index in [1.54, 1.807) is 0 Å². The Hall–Kier alpha value is -1.16. The Balaban J connectivity index is 2.05. The second-order valence-corrected chi connectivity index (χ2v) is 7.17. The van der Waals surface area contributed by atoms with Gasteiger partial charge < -0.3 is 5.73 Å². The number of nitrogens with two attached hydrogens (primary N) is 1. The summed E-state index contributed by atoms with van der Waals surface area (Å²) in [6, 6.07) is 2.49. The number of carbonyl (C=O) groups excluding carboxylic acids is 1. The maximum absolute atomic E-state index is 12.5. The number of nitrogens with zero attached hydrogens (tertiary/aromatic N) is 2. The second-order valence-electron chi connectivity index (χ2n) is 7.17. The number of aromatic nitrogens is 2. The van der Waals surface area contributed by atoms with Crippen molar-refractivity contribution in [3.63, 3.8) is 0 Å². The fraction of sp³-hybridized carbons (Fsp3) is 0.750. The summed E-state index contributed by atoms with van der Waals surface area (Å²) in [5, 5.41) is 4.58. The van der Waals surface area contributed by atoms with Gasteiger partial charge in [-0.2, -0.15) is 5.10 Å². The molecule has 0 aliphatic heterocycles. The molecule has 0 aromatic carbocycles. The van der Waals surface area contributed by atoms with Crippen molar-refractivity contribution >= 4 is 5.78 Å². The topological polar surface area (TPSA) is 60.9 Å². The van der Waals surface area contributed by atoms with Gasteiger partial charge in [0.2, 0.25) is 0 Å². The fourth-order valence-corrected chi connectivity index (χ4v) is 2.59. The van der Waals surface area contributed by atoms with Crippen LogP contribution in [0.25, 0.3) is 0 Å². The van der Waals surface area contributed by atoms with Gasteiger partial charge in [0, 0.05) is 17.2 Å². The highest BCUT2D eigenvalue weighted by Crippen LogP contribution is 2.31. The van der Waals surface area contributed by atoms with E-state index in [1.165, 1.54) is 25.7 Å². The van der Waals surface area contributed by atoms with Crippen LogP contribution in [0.3, 0.4) is 0 Å². The molecule has 0 unspecified atom stereocenters. The monoisotopic (exact) mass is 277 g/mol. The van der Waals surface area contributed by atoms with Crippen LogP contribution in [0.4, 0.5) is 0 Å². The lowest BCUT2D eigenvalue weighted by molar-refractivity contribution is -0.129. The van der Waals surface area contributed by atoms with Gasteiger partial charge in [-0.15, -0.1) is 0 Å². The van der Waals surface area contributed by atoms with Crippen molar-refractivity contribution < 1.29 is 4.79 Å². The third-order valence-corrected chi connectivity index (χ3v) is 5.01. The molecule has 0 bridgehead atoms. The molecule has 0 atom stereocenters. The first-order chi connectivity index (χ1) is 9.22.